The number of nitrogens with zero attached hydrogens (tertiary/aromatic N) is 2. The Balaban J connectivity index is 2.68. The third-order valence-electron chi connectivity index (χ3n) is 2.59. The van der Waals surface area contributed by atoms with Crippen LogP contribution in [-0.2, 0) is 0 Å². The van der Waals surface area contributed by atoms with E-state index in [0.29, 0.717) is 22.5 Å². The molecule has 86 valence electrons. The van der Waals surface area contributed by atoms with Crippen LogP contribution in [0.1, 0.15) is 16.7 Å². The molecule has 3 heteroatoms. The van der Waals surface area contributed by atoms with Gasteiger partial charge in [-0.15, -0.1) is 0 Å². The van der Waals surface area contributed by atoms with Crippen LogP contribution < -0.4 is 0 Å². The van der Waals surface area contributed by atoms with Crippen LogP contribution >= 0.6 is 0 Å². The van der Waals surface area contributed by atoms with Crippen LogP contribution in [0.5, 0.6) is 0 Å². The quantitative estimate of drug-likeness (QED) is 0.785. The van der Waals surface area contributed by atoms with Gasteiger partial charge in [-0.3, -0.25) is 0 Å². The number of hydrogen-bond donors (Lipinski definition) is 0. The molecule has 0 bridgehead atoms. The molecule has 0 atom stereocenters. The molecular formula is C14H13FN2. The van der Waals surface area contributed by atoms with Crippen molar-refractivity contribution >= 4 is 6.08 Å². The van der Waals surface area contributed by atoms with E-state index in [1.807, 2.05) is 13.0 Å². The fourth-order valence-electron chi connectivity index (χ4n) is 1.61. The minimum Gasteiger partial charge on any atom is -0.236 e. The van der Waals surface area contributed by atoms with Gasteiger partial charge in [-0.2, -0.15) is 0 Å². The summed E-state index contributed by atoms with van der Waals surface area (Å²) in [6, 6.07) is 3.55. The highest BCUT2D eigenvalue weighted by Gasteiger charge is 2.13. The van der Waals surface area contributed by atoms with Gasteiger partial charge in [0.05, 0.1) is 5.56 Å². The summed E-state index contributed by atoms with van der Waals surface area (Å²) in [6.07, 6.45) is 4.97. The summed E-state index contributed by atoms with van der Waals surface area (Å²) in [5.41, 5.74) is 2.65. The van der Waals surface area contributed by atoms with E-state index in [1.165, 1.54) is 0 Å². The highest BCUT2D eigenvalue weighted by atomic mass is 19.1. The predicted octanol–water partition coefficient (Wildman–Crippen LogP) is 3.54. The summed E-state index contributed by atoms with van der Waals surface area (Å²) < 4.78 is 14.1. The summed E-state index contributed by atoms with van der Waals surface area (Å²) >= 11 is 0. The lowest BCUT2D eigenvalue weighted by atomic mass is 10.0. The minimum absolute atomic E-state index is 0.286. The predicted molar refractivity (Wildman–Crippen MR) is 67.0 cm³/mol. The zero-order valence-corrected chi connectivity index (χ0v) is 9.87. The molecule has 0 amide bonds. The molecule has 1 aromatic heterocycles. The van der Waals surface area contributed by atoms with Crippen molar-refractivity contribution in [3.05, 3.63) is 53.6 Å². The Hall–Kier alpha value is -2.03. The molecule has 0 N–H and O–H groups in total. The van der Waals surface area contributed by atoms with E-state index in [-0.39, 0.29) is 5.82 Å². The first-order chi connectivity index (χ1) is 8.13. The van der Waals surface area contributed by atoms with E-state index in [2.05, 4.69) is 16.5 Å². The fourth-order valence-corrected chi connectivity index (χ4v) is 1.61. The van der Waals surface area contributed by atoms with Crippen LogP contribution in [-0.4, -0.2) is 9.97 Å². The van der Waals surface area contributed by atoms with Gasteiger partial charge in [-0.25, -0.2) is 14.4 Å². The zero-order chi connectivity index (χ0) is 12.4. The lowest BCUT2D eigenvalue weighted by Gasteiger charge is -2.08. The van der Waals surface area contributed by atoms with Gasteiger partial charge in [-0.1, -0.05) is 24.8 Å². The third kappa shape index (κ3) is 2.09. The van der Waals surface area contributed by atoms with Crippen molar-refractivity contribution in [3.63, 3.8) is 0 Å². The number of halogens is 1. The Kier molecular flexibility index (Phi) is 3.00. The number of aromatic nitrogens is 2. The maximum absolute atomic E-state index is 14.1. The number of aryl methyl sites for hydroxylation is 2. The van der Waals surface area contributed by atoms with Crippen molar-refractivity contribution in [1.82, 2.24) is 9.97 Å². The first kappa shape index (κ1) is 11.5. The normalized spacial score (nSPS) is 10.3. The van der Waals surface area contributed by atoms with Crippen molar-refractivity contribution < 1.29 is 4.39 Å². The monoisotopic (exact) mass is 228 g/mol. The highest BCUT2D eigenvalue weighted by Crippen LogP contribution is 2.26. The Morgan fingerprint density at radius 1 is 1.18 bits per heavy atom. The molecular weight excluding hydrogens is 215 g/mol. The van der Waals surface area contributed by atoms with Gasteiger partial charge in [-0.05, 0) is 30.5 Å². The average Bonchev–Trinajstić information content (AvgIpc) is 2.34. The molecule has 0 radical (unpaired) electrons. The third-order valence-corrected chi connectivity index (χ3v) is 2.59. The molecule has 0 aliphatic rings. The smallest absolute Gasteiger partial charge is 0.162 e. The maximum atomic E-state index is 14.1. The average molecular weight is 228 g/mol. The van der Waals surface area contributed by atoms with Crippen LogP contribution in [0.3, 0.4) is 0 Å². The fraction of sp³-hybridized carbons (Fsp3) is 0.143. The zero-order valence-electron chi connectivity index (χ0n) is 9.87. The number of rotatable bonds is 2. The molecule has 0 fully saturated rings. The van der Waals surface area contributed by atoms with E-state index < -0.39 is 0 Å². The number of hydrogen-bond acceptors (Lipinski definition) is 2. The second-order valence-electron chi connectivity index (χ2n) is 3.95. The second kappa shape index (κ2) is 4.45. The van der Waals surface area contributed by atoms with Crippen LogP contribution in [0.15, 0.2) is 31.1 Å². The van der Waals surface area contributed by atoms with E-state index in [4.69, 9.17) is 0 Å². The Labute approximate surface area is 99.9 Å². The molecule has 0 unspecified atom stereocenters. The first-order valence-electron chi connectivity index (χ1n) is 5.34. The highest BCUT2D eigenvalue weighted by molar-refractivity contribution is 5.71. The van der Waals surface area contributed by atoms with E-state index in [0.717, 1.165) is 5.56 Å². The molecule has 0 saturated carbocycles. The summed E-state index contributed by atoms with van der Waals surface area (Å²) in [5, 5.41) is 0. The van der Waals surface area contributed by atoms with Crippen molar-refractivity contribution in [2.24, 2.45) is 0 Å². The summed E-state index contributed by atoms with van der Waals surface area (Å²) in [7, 11) is 0. The van der Waals surface area contributed by atoms with E-state index in [1.54, 1.807) is 31.5 Å². The van der Waals surface area contributed by atoms with Gasteiger partial charge in [0.25, 0.3) is 0 Å². The van der Waals surface area contributed by atoms with Crippen molar-refractivity contribution in [2.75, 3.05) is 0 Å². The summed E-state index contributed by atoms with van der Waals surface area (Å²) in [6.45, 7) is 7.30. The van der Waals surface area contributed by atoms with E-state index in [9.17, 15) is 4.39 Å². The molecule has 1 heterocycles. The van der Waals surface area contributed by atoms with Gasteiger partial charge >= 0.3 is 0 Å². The summed E-state index contributed by atoms with van der Waals surface area (Å²) in [5.74, 6) is 0.109. The first-order valence-corrected chi connectivity index (χ1v) is 5.34. The Morgan fingerprint density at radius 2 is 1.82 bits per heavy atom. The van der Waals surface area contributed by atoms with Crippen LogP contribution in [0.4, 0.5) is 4.39 Å². The summed E-state index contributed by atoms with van der Waals surface area (Å²) in [4.78, 5) is 8.32. The van der Waals surface area contributed by atoms with Crippen molar-refractivity contribution in [1.29, 1.82) is 0 Å². The van der Waals surface area contributed by atoms with Gasteiger partial charge in [0.1, 0.15) is 5.82 Å². The molecule has 2 aromatic rings. The standard InChI is InChI=1S/C14H13FN2/c1-4-11-6-5-10(3)13(15)12(11)14-16-7-9(2)8-17-14/h4-8H,1H2,2-3H3. The molecule has 0 spiro atoms. The SMILES string of the molecule is C=Cc1ccc(C)c(F)c1-c1ncc(C)cn1. The lowest BCUT2D eigenvalue weighted by Crippen LogP contribution is -1.97. The lowest BCUT2D eigenvalue weighted by molar-refractivity contribution is 0.620. The second-order valence-corrected chi connectivity index (χ2v) is 3.95. The van der Waals surface area contributed by atoms with E-state index >= 15 is 0 Å². The topological polar surface area (TPSA) is 25.8 Å². The molecule has 1 aromatic carbocycles. The molecule has 0 aliphatic carbocycles. The van der Waals surface area contributed by atoms with Crippen LogP contribution in [0, 0.1) is 19.7 Å². The van der Waals surface area contributed by atoms with Gasteiger partial charge < -0.3 is 0 Å². The molecule has 0 aliphatic heterocycles. The molecule has 0 saturated heterocycles. The van der Waals surface area contributed by atoms with Gasteiger partial charge in [0.2, 0.25) is 0 Å². The van der Waals surface area contributed by atoms with Crippen molar-refractivity contribution in [2.45, 2.75) is 13.8 Å². The van der Waals surface area contributed by atoms with Crippen LogP contribution in [0.25, 0.3) is 17.5 Å². The number of benzene rings is 1. The Morgan fingerprint density at radius 3 is 2.41 bits per heavy atom. The molecule has 2 nitrogen and oxygen atoms in total. The maximum Gasteiger partial charge on any atom is 0.162 e. The Bertz CT molecular complexity index is 559. The molecule has 2 rings (SSSR count). The van der Waals surface area contributed by atoms with Gasteiger partial charge in [0.15, 0.2) is 5.82 Å². The van der Waals surface area contributed by atoms with Crippen LogP contribution in [0.2, 0.25) is 0 Å². The largest absolute Gasteiger partial charge is 0.236 e. The van der Waals surface area contributed by atoms with Crippen molar-refractivity contribution in [3.8, 4) is 11.4 Å². The minimum atomic E-state index is -0.286. The molecule has 17 heavy (non-hydrogen) atoms. The van der Waals surface area contributed by atoms with Gasteiger partial charge in [0, 0.05) is 12.4 Å².